The molecular weight excluding hydrogens is 336 g/mol. The maximum atomic E-state index is 12.2. The summed E-state index contributed by atoms with van der Waals surface area (Å²) in [7, 11) is 1.63. The highest BCUT2D eigenvalue weighted by atomic mass is 32.2. The summed E-state index contributed by atoms with van der Waals surface area (Å²) in [6.45, 7) is 4.27. The van der Waals surface area contributed by atoms with E-state index in [0.29, 0.717) is 11.3 Å². The van der Waals surface area contributed by atoms with Crippen LogP contribution in [0.5, 0.6) is 5.75 Å². The fourth-order valence-corrected chi connectivity index (χ4v) is 3.72. The molecule has 1 aromatic rings. The number of rotatable bonds is 4. The van der Waals surface area contributed by atoms with Gasteiger partial charge in [0.05, 0.1) is 18.1 Å². The van der Waals surface area contributed by atoms with Crippen molar-refractivity contribution in [3.05, 3.63) is 34.7 Å². The molecule has 0 aromatic heterocycles. The van der Waals surface area contributed by atoms with Crippen LogP contribution in [0.4, 0.5) is 0 Å². The molecule has 1 saturated heterocycles. The Hall–Kier alpha value is -2.30. The lowest BCUT2D eigenvalue weighted by molar-refractivity contribution is -0.113. The van der Waals surface area contributed by atoms with E-state index in [-0.39, 0.29) is 5.91 Å². The lowest BCUT2D eigenvalue weighted by Crippen LogP contribution is -2.47. The highest BCUT2D eigenvalue weighted by Crippen LogP contribution is 2.31. The Morgan fingerprint density at radius 3 is 2.64 bits per heavy atom. The fraction of sp³-hybridized carbons (Fsp3) is 0.389. The predicted molar refractivity (Wildman–Crippen MR) is 99.2 cm³/mol. The molecule has 6 nitrogen and oxygen atoms in total. The zero-order chi connectivity index (χ0) is 17.6. The van der Waals surface area contributed by atoms with Crippen LogP contribution in [0.15, 0.2) is 34.2 Å². The van der Waals surface area contributed by atoms with E-state index in [0.717, 1.165) is 49.2 Å². The summed E-state index contributed by atoms with van der Waals surface area (Å²) >= 11 is 1.43. The first-order valence-corrected chi connectivity index (χ1v) is 9.02. The van der Waals surface area contributed by atoms with Gasteiger partial charge >= 0.3 is 0 Å². The molecule has 130 valence electrons. The first kappa shape index (κ1) is 17.5. The maximum absolute atomic E-state index is 12.2. The Morgan fingerprint density at radius 2 is 2.00 bits per heavy atom. The molecule has 0 unspecified atom stereocenters. The number of hydrogen-bond donors (Lipinski definition) is 0. The summed E-state index contributed by atoms with van der Waals surface area (Å²) < 4.78 is 5.15. The number of carbonyl (C=O) groups excluding carboxylic acids is 1. The van der Waals surface area contributed by atoms with E-state index in [9.17, 15) is 4.79 Å². The van der Waals surface area contributed by atoms with E-state index in [1.165, 1.54) is 11.8 Å². The van der Waals surface area contributed by atoms with E-state index in [1.54, 1.807) is 7.11 Å². The van der Waals surface area contributed by atoms with E-state index in [1.807, 2.05) is 30.3 Å². The van der Waals surface area contributed by atoms with E-state index >= 15 is 0 Å². The van der Waals surface area contributed by atoms with Crippen molar-refractivity contribution < 1.29 is 9.53 Å². The number of benzene rings is 1. The van der Waals surface area contributed by atoms with Crippen LogP contribution in [0, 0.1) is 11.3 Å². The van der Waals surface area contributed by atoms with Crippen molar-refractivity contribution in [2.75, 3.05) is 39.8 Å². The van der Waals surface area contributed by atoms with Crippen LogP contribution < -0.4 is 4.74 Å². The average molecular weight is 356 g/mol. The summed E-state index contributed by atoms with van der Waals surface area (Å²) in [6, 6.07) is 9.77. The summed E-state index contributed by atoms with van der Waals surface area (Å²) in [4.78, 5) is 21.5. The molecule has 0 aliphatic carbocycles. The van der Waals surface area contributed by atoms with Crippen LogP contribution in [0.3, 0.4) is 0 Å². The molecule has 0 N–H and O–H groups in total. The third-order valence-corrected chi connectivity index (χ3v) is 5.25. The normalized spacial score (nSPS) is 19.8. The average Bonchev–Trinajstić information content (AvgIpc) is 3.01. The minimum atomic E-state index is -0.178. The predicted octanol–water partition coefficient (Wildman–Crippen LogP) is 2.20. The number of amides is 1. The monoisotopic (exact) mass is 356 g/mol. The molecular formula is C18H20N4O2S. The first-order valence-electron chi connectivity index (χ1n) is 8.20. The second-order valence-electron chi connectivity index (χ2n) is 5.82. The van der Waals surface area contributed by atoms with Gasteiger partial charge in [-0.1, -0.05) is 12.1 Å². The third kappa shape index (κ3) is 4.41. The Kier molecular flexibility index (Phi) is 5.74. The van der Waals surface area contributed by atoms with Gasteiger partial charge in [0, 0.05) is 39.1 Å². The highest BCUT2D eigenvalue weighted by Gasteiger charge is 2.28. The van der Waals surface area contributed by atoms with Crippen molar-refractivity contribution in [3.63, 3.8) is 0 Å². The van der Waals surface area contributed by atoms with Gasteiger partial charge in [-0.2, -0.15) is 10.3 Å². The van der Waals surface area contributed by atoms with Gasteiger partial charge in [-0.25, -0.2) is 0 Å². The molecule has 0 saturated carbocycles. The SMILES string of the molecule is COc1ccc(/C=C2\SC(N3CCN(CCC#N)CC3)=NC2=O)cc1. The van der Waals surface area contributed by atoms with Gasteiger partial charge in [-0.05, 0) is 35.5 Å². The molecule has 0 radical (unpaired) electrons. The van der Waals surface area contributed by atoms with Gasteiger partial charge in [0.15, 0.2) is 5.17 Å². The smallest absolute Gasteiger partial charge is 0.286 e. The molecule has 1 amide bonds. The minimum absolute atomic E-state index is 0.178. The number of carbonyl (C=O) groups is 1. The number of nitriles is 1. The van der Waals surface area contributed by atoms with E-state index in [4.69, 9.17) is 10.00 Å². The summed E-state index contributed by atoms with van der Waals surface area (Å²) in [6.07, 6.45) is 2.43. The number of amidine groups is 1. The van der Waals surface area contributed by atoms with Gasteiger partial charge in [-0.15, -0.1) is 0 Å². The van der Waals surface area contributed by atoms with Gasteiger partial charge in [-0.3, -0.25) is 9.69 Å². The number of methoxy groups -OCH3 is 1. The number of thioether (sulfide) groups is 1. The third-order valence-electron chi connectivity index (χ3n) is 4.21. The molecule has 0 spiro atoms. The fourth-order valence-electron chi connectivity index (χ4n) is 2.76. The largest absolute Gasteiger partial charge is 0.497 e. The number of ether oxygens (including phenoxy) is 1. The minimum Gasteiger partial charge on any atom is -0.497 e. The molecule has 2 aliphatic rings. The molecule has 3 rings (SSSR count). The van der Waals surface area contributed by atoms with Crippen molar-refractivity contribution in [2.45, 2.75) is 6.42 Å². The lowest BCUT2D eigenvalue weighted by atomic mass is 10.2. The number of piperazine rings is 1. The first-order chi connectivity index (χ1) is 12.2. The maximum Gasteiger partial charge on any atom is 0.286 e. The Labute approximate surface area is 151 Å². The molecule has 7 heteroatoms. The lowest BCUT2D eigenvalue weighted by Gasteiger charge is -2.34. The second kappa shape index (κ2) is 8.19. The molecule has 1 aromatic carbocycles. The molecule has 2 aliphatic heterocycles. The van der Waals surface area contributed by atoms with Gasteiger partial charge in [0.25, 0.3) is 5.91 Å². The van der Waals surface area contributed by atoms with Crippen LogP contribution in [0.25, 0.3) is 6.08 Å². The second-order valence-corrected chi connectivity index (χ2v) is 6.83. The van der Waals surface area contributed by atoms with Crippen LogP contribution in [-0.4, -0.2) is 60.7 Å². The standard InChI is InChI=1S/C18H20N4O2S/c1-24-15-5-3-14(4-6-15)13-16-17(23)20-18(25-16)22-11-9-21(10-12-22)8-2-7-19/h3-6,13H,2,8-12H2,1H3/b16-13-. The van der Waals surface area contributed by atoms with Crippen LogP contribution in [-0.2, 0) is 4.79 Å². The summed E-state index contributed by atoms with van der Waals surface area (Å²) in [5.74, 6) is 0.612. The van der Waals surface area contributed by atoms with E-state index < -0.39 is 0 Å². The molecule has 0 bridgehead atoms. The van der Waals surface area contributed by atoms with Crippen LogP contribution in [0.1, 0.15) is 12.0 Å². The highest BCUT2D eigenvalue weighted by molar-refractivity contribution is 8.18. The zero-order valence-corrected chi connectivity index (χ0v) is 15.0. The van der Waals surface area contributed by atoms with Crippen LogP contribution in [0.2, 0.25) is 0 Å². The van der Waals surface area contributed by atoms with Crippen molar-refractivity contribution >= 4 is 28.9 Å². The Morgan fingerprint density at radius 1 is 1.28 bits per heavy atom. The quantitative estimate of drug-likeness (QED) is 0.771. The van der Waals surface area contributed by atoms with E-state index in [2.05, 4.69) is 20.9 Å². The summed E-state index contributed by atoms with van der Waals surface area (Å²) in [5, 5.41) is 9.45. The van der Waals surface area contributed by atoms with Crippen molar-refractivity contribution in [3.8, 4) is 11.8 Å². The molecule has 1 fully saturated rings. The van der Waals surface area contributed by atoms with Gasteiger partial charge in [0.2, 0.25) is 0 Å². The molecule has 2 heterocycles. The van der Waals surface area contributed by atoms with Crippen molar-refractivity contribution in [1.82, 2.24) is 9.80 Å². The van der Waals surface area contributed by atoms with Gasteiger partial charge < -0.3 is 9.64 Å². The Balaban J connectivity index is 1.59. The molecule has 0 atom stereocenters. The summed E-state index contributed by atoms with van der Waals surface area (Å²) in [5.41, 5.74) is 0.953. The number of hydrogen-bond acceptors (Lipinski definition) is 6. The van der Waals surface area contributed by atoms with Gasteiger partial charge in [0.1, 0.15) is 5.75 Å². The van der Waals surface area contributed by atoms with Crippen molar-refractivity contribution in [1.29, 1.82) is 5.26 Å². The Bertz CT molecular complexity index is 728. The zero-order valence-electron chi connectivity index (χ0n) is 14.1. The topological polar surface area (TPSA) is 68.9 Å². The number of nitrogens with zero attached hydrogens (tertiary/aromatic N) is 4. The van der Waals surface area contributed by atoms with Crippen LogP contribution >= 0.6 is 11.8 Å². The number of aliphatic imine (C=N–C) groups is 1. The van der Waals surface area contributed by atoms with Crippen molar-refractivity contribution in [2.24, 2.45) is 4.99 Å². The molecule has 25 heavy (non-hydrogen) atoms.